The van der Waals surface area contributed by atoms with E-state index in [-0.39, 0.29) is 5.91 Å². The number of nitrogens with one attached hydrogen (secondary N) is 1. The number of carbonyl (C=O) groups excluding carboxylic acids is 2. The Morgan fingerprint density at radius 3 is 2.67 bits per heavy atom. The highest BCUT2D eigenvalue weighted by Crippen LogP contribution is 2.42. The molecule has 2 amide bonds. The lowest BCUT2D eigenvalue weighted by molar-refractivity contribution is -0.132. The minimum Gasteiger partial charge on any atom is -0.366 e. The van der Waals surface area contributed by atoms with Gasteiger partial charge in [-0.3, -0.25) is 9.59 Å². The second kappa shape index (κ2) is 5.90. The summed E-state index contributed by atoms with van der Waals surface area (Å²) < 4.78 is 2.02. The highest BCUT2D eigenvalue weighted by molar-refractivity contribution is 5.96. The van der Waals surface area contributed by atoms with Crippen LogP contribution in [0.1, 0.15) is 34.8 Å². The van der Waals surface area contributed by atoms with Crippen molar-refractivity contribution in [1.82, 2.24) is 19.8 Å². The van der Waals surface area contributed by atoms with Gasteiger partial charge in [0.1, 0.15) is 12.2 Å². The molecule has 1 aliphatic heterocycles. The van der Waals surface area contributed by atoms with Crippen molar-refractivity contribution >= 4 is 22.8 Å². The molecule has 0 spiro atoms. The van der Waals surface area contributed by atoms with Crippen LogP contribution < -0.4 is 11.1 Å². The lowest BCUT2D eigenvalue weighted by Crippen LogP contribution is -2.47. The number of nitrogens with two attached hydrogens (primary N) is 1. The third kappa shape index (κ3) is 2.75. The molecular formula is C17H21N5O2. The third-order valence-electron chi connectivity index (χ3n) is 4.81. The quantitative estimate of drug-likeness (QED) is 0.852. The summed E-state index contributed by atoms with van der Waals surface area (Å²) in [6.45, 7) is 3.48. The molecule has 7 heteroatoms. The second-order valence-electron chi connectivity index (χ2n) is 6.56. The SMILES string of the molecule is NC(=O)c1cnc2c(c1)cc(C1CC1)n2CC(=O)N1CCNCC1. The first kappa shape index (κ1) is 15.1. The zero-order valence-corrected chi connectivity index (χ0v) is 13.5. The summed E-state index contributed by atoms with van der Waals surface area (Å²) in [6, 6.07) is 3.82. The molecule has 2 aromatic heterocycles. The number of hydrogen-bond acceptors (Lipinski definition) is 4. The van der Waals surface area contributed by atoms with Crippen molar-refractivity contribution in [3.8, 4) is 0 Å². The average Bonchev–Trinajstić information content (AvgIpc) is 3.38. The van der Waals surface area contributed by atoms with Crippen molar-refractivity contribution in [3.63, 3.8) is 0 Å². The van der Waals surface area contributed by atoms with Gasteiger partial charge >= 0.3 is 0 Å². The highest BCUT2D eigenvalue weighted by Gasteiger charge is 2.29. The summed E-state index contributed by atoms with van der Waals surface area (Å²) in [5.41, 5.74) is 7.64. The summed E-state index contributed by atoms with van der Waals surface area (Å²) in [4.78, 5) is 30.3. The van der Waals surface area contributed by atoms with E-state index < -0.39 is 5.91 Å². The summed E-state index contributed by atoms with van der Waals surface area (Å²) in [7, 11) is 0. The number of primary amides is 1. The van der Waals surface area contributed by atoms with Crippen LogP contribution >= 0.6 is 0 Å². The monoisotopic (exact) mass is 327 g/mol. The summed E-state index contributed by atoms with van der Waals surface area (Å²) in [5.74, 6) is 0.130. The molecule has 1 saturated carbocycles. The van der Waals surface area contributed by atoms with Gasteiger partial charge in [-0.1, -0.05) is 0 Å². The molecule has 3 heterocycles. The number of amides is 2. The topological polar surface area (TPSA) is 93.2 Å². The molecule has 2 aliphatic rings. The first-order valence-corrected chi connectivity index (χ1v) is 8.41. The van der Waals surface area contributed by atoms with Crippen LogP contribution in [0.5, 0.6) is 0 Å². The predicted octanol–water partition coefficient (Wildman–Crippen LogP) is 0.444. The smallest absolute Gasteiger partial charge is 0.250 e. The van der Waals surface area contributed by atoms with E-state index in [2.05, 4.69) is 16.4 Å². The van der Waals surface area contributed by atoms with Crippen LogP contribution in [0.4, 0.5) is 0 Å². The Kier molecular flexibility index (Phi) is 3.72. The maximum atomic E-state index is 12.7. The zero-order chi connectivity index (χ0) is 16.7. The molecule has 1 aliphatic carbocycles. The van der Waals surface area contributed by atoms with Crippen LogP contribution in [0, 0.1) is 0 Å². The molecule has 2 fully saturated rings. The van der Waals surface area contributed by atoms with Gasteiger partial charge < -0.3 is 20.5 Å². The number of pyridine rings is 1. The maximum Gasteiger partial charge on any atom is 0.250 e. The fourth-order valence-corrected chi connectivity index (χ4v) is 3.33. The number of hydrogen-bond donors (Lipinski definition) is 2. The van der Waals surface area contributed by atoms with Crippen molar-refractivity contribution in [3.05, 3.63) is 29.6 Å². The molecule has 126 valence electrons. The van der Waals surface area contributed by atoms with Crippen LogP contribution in [0.3, 0.4) is 0 Å². The molecule has 0 unspecified atom stereocenters. The van der Waals surface area contributed by atoms with Gasteiger partial charge in [-0.15, -0.1) is 0 Å². The largest absolute Gasteiger partial charge is 0.366 e. The molecule has 0 bridgehead atoms. The molecule has 2 aromatic rings. The second-order valence-corrected chi connectivity index (χ2v) is 6.56. The van der Waals surface area contributed by atoms with Crippen LogP contribution in [0.2, 0.25) is 0 Å². The van der Waals surface area contributed by atoms with Gasteiger partial charge in [-0.2, -0.15) is 0 Å². The van der Waals surface area contributed by atoms with Gasteiger partial charge in [0.2, 0.25) is 11.8 Å². The lowest BCUT2D eigenvalue weighted by atomic mass is 10.2. The van der Waals surface area contributed by atoms with Crippen molar-refractivity contribution in [2.45, 2.75) is 25.3 Å². The molecule has 1 saturated heterocycles. The number of aromatic nitrogens is 2. The molecule has 3 N–H and O–H groups in total. The number of piperazine rings is 1. The van der Waals surface area contributed by atoms with Crippen LogP contribution in [0.15, 0.2) is 18.3 Å². The standard InChI is InChI=1S/C17H21N5O2/c18-16(24)13-7-12-8-14(11-1-2-11)22(17(12)20-9-13)10-15(23)21-5-3-19-4-6-21/h7-9,11,19H,1-6,10H2,(H2,18,24). The summed E-state index contributed by atoms with van der Waals surface area (Å²) in [5, 5.41) is 4.13. The van der Waals surface area contributed by atoms with E-state index in [1.165, 1.54) is 6.20 Å². The first-order valence-electron chi connectivity index (χ1n) is 8.41. The van der Waals surface area contributed by atoms with Crippen molar-refractivity contribution < 1.29 is 9.59 Å². The van der Waals surface area contributed by atoms with Crippen LogP contribution in [0.25, 0.3) is 11.0 Å². The molecular weight excluding hydrogens is 306 g/mol. The molecule has 0 aromatic carbocycles. The Balaban J connectivity index is 1.68. The molecule has 4 rings (SSSR count). The van der Waals surface area contributed by atoms with E-state index in [1.54, 1.807) is 6.07 Å². The number of carbonyl (C=O) groups is 2. The Hall–Kier alpha value is -2.41. The van der Waals surface area contributed by atoms with Gasteiger partial charge in [-0.25, -0.2) is 4.98 Å². The van der Waals surface area contributed by atoms with Crippen molar-refractivity contribution in [2.75, 3.05) is 26.2 Å². The molecule has 0 atom stereocenters. The predicted molar refractivity (Wildman–Crippen MR) is 89.7 cm³/mol. The van der Waals surface area contributed by atoms with E-state index in [0.717, 1.165) is 55.7 Å². The Labute approximate surface area is 139 Å². The van der Waals surface area contributed by atoms with Crippen molar-refractivity contribution in [2.24, 2.45) is 5.73 Å². The minimum atomic E-state index is -0.484. The van der Waals surface area contributed by atoms with Gasteiger partial charge in [0.05, 0.1) is 5.56 Å². The van der Waals surface area contributed by atoms with Gasteiger partial charge in [0, 0.05) is 43.5 Å². The van der Waals surface area contributed by atoms with Crippen LogP contribution in [-0.4, -0.2) is 52.4 Å². The fraction of sp³-hybridized carbons (Fsp3) is 0.471. The van der Waals surface area contributed by atoms with E-state index in [9.17, 15) is 9.59 Å². The van der Waals surface area contributed by atoms with Gasteiger partial charge in [0.15, 0.2) is 0 Å². The minimum absolute atomic E-state index is 0.122. The van der Waals surface area contributed by atoms with E-state index in [1.807, 2.05) is 9.47 Å². The summed E-state index contributed by atoms with van der Waals surface area (Å²) in [6.07, 6.45) is 3.77. The van der Waals surface area contributed by atoms with Crippen LogP contribution in [-0.2, 0) is 11.3 Å². The normalized spacial score (nSPS) is 18.1. The van der Waals surface area contributed by atoms with E-state index in [4.69, 9.17) is 5.73 Å². The first-order chi connectivity index (χ1) is 11.6. The maximum absolute atomic E-state index is 12.7. The van der Waals surface area contributed by atoms with Crippen molar-refractivity contribution in [1.29, 1.82) is 0 Å². The Morgan fingerprint density at radius 2 is 2.00 bits per heavy atom. The number of rotatable bonds is 4. The average molecular weight is 327 g/mol. The Morgan fingerprint density at radius 1 is 1.25 bits per heavy atom. The van der Waals surface area contributed by atoms with E-state index in [0.29, 0.717) is 18.0 Å². The third-order valence-corrected chi connectivity index (χ3v) is 4.81. The van der Waals surface area contributed by atoms with Gasteiger partial charge in [-0.05, 0) is 30.9 Å². The fourth-order valence-electron chi connectivity index (χ4n) is 3.33. The summed E-state index contributed by atoms with van der Waals surface area (Å²) >= 11 is 0. The number of nitrogens with zero attached hydrogens (tertiary/aromatic N) is 3. The molecule has 24 heavy (non-hydrogen) atoms. The molecule has 7 nitrogen and oxygen atoms in total. The highest BCUT2D eigenvalue weighted by atomic mass is 16.2. The Bertz CT molecular complexity index is 803. The number of fused-ring (bicyclic) bond motifs is 1. The molecule has 0 radical (unpaired) electrons. The zero-order valence-electron chi connectivity index (χ0n) is 13.5. The lowest BCUT2D eigenvalue weighted by Gasteiger charge is -2.28. The van der Waals surface area contributed by atoms with Gasteiger partial charge in [0.25, 0.3) is 0 Å². The van der Waals surface area contributed by atoms with E-state index >= 15 is 0 Å².